The second-order valence-corrected chi connectivity index (χ2v) is 7.11. The van der Waals surface area contributed by atoms with Gasteiger partial charge in [0.1, 0.15) is 0 Å². The van der Waals surface area contributed by atoms with Crippen molar-refractivity contribution >= 4 is 40.0 Å². The number of aryl methyl sites for hydroxylation is 1. The normalized spacial score (nSPS) is 13.0. The van der Waals surface area contributed by atoms with Crippen LogP contribution in [0.15, 0.2) is 42.5 Å². The van der Waals surface area contributed by atoms with E-state index in [1.54, 1.807) is 0 Å². The van der Waals surface area contributed by atoms with Crippen molar-refractivity contribution in [3.05, 3.63) is 74.9 Å². The number of nitrogens with zero attached hydrogens (tertiary/aromatic N) is 1. The zero-order valence-electron chi connectivity index (χ0n) is 13.5. The zero-order valence-corrected chi connectivity index (χ0v) is 15.0. The molecule has 5 heteroatoms. The molecule has 0 bridgehead atoms. The molecule has 0 aliphatic heterocycles. The highest BCUT2D eigenvalue weighted by Crippen LogP contribution is 2.31. The van der Waals surface area contributed by atoms with Crippen LogP contribution in [0.5, 0.6) is 0 Å². The molecule has 0 fully saturated rings. The molecule has 4 rings (SSSR count). The number of hydrogen-bond acceptors (Lipinski definition) is 2. The van der Waals surface area contributed by atoms with E-state index in [4.69, 9.17) is 28.2 Å². The van der Waals surface area contributed by atoms with Crippen LogP contribution in [0, 0.1) is 0 Å². The molecule has 1 aliphatic rings. The van der Waals surface area contributed by atoms with Crippen molar-refractivity contribution in [2.45, 2.75) is 25.8 Å². The van der Waals surface area contributed by atoms with Crippen molar-refractivity contribution in [2.75, 3.05) is 0 Å². The number of hydrogen-bond donors (Lipinski definition) is 1. The number of carbonyl (C=O) groups excluding carboxylic acids is 1. The maximum absolute atomic E-state index is 13.0. The number of fused-ring (bicyclic) bond motifs is 2. The first-order chi connectivity index (χ1) is 12.1. The summed E-state index contributed by atoms with van der Waals surface area (Å²) in [6.07, 6.45) is 2.84. The van der Waals surface area contributed by atoms with Crippen molar-refractivity contribution in [3.8, 4) is 0 Å². The lowest BCUT2D eigenvalue weighted by Gasteiger charge is -2.13. The van der Waals surface area contributed by atoms with E-state index in [1.165, 1.54) is 0 Å². The first-order valence-corrected chi connectivity index (χ1v) is 9.01. The van der Waals surface area contributed by atoms with Crippen LogP contribution in [-0.4, -0.2) is 10.9 Å². The maximum Gasteiger partial charge on any atom is 0.252 e. The average molecular weight is 371 g/mol. The standard InChI is InChI=1S/C20H16Cl2N2O/c21-13-6-4-12(5-7-13)11-23-20(25)19-15-2-1-3-17(15)24-18-9-8-14(22)10-16(18)19/h4-10H,1-3,11H2,(H,23,25). The Morgan fingerprint density at radius 3 is 2.60 bits per heavy atom. The van der Waals surface area contributed by atoms with Crippen molar-refractivity contribution in [1.82, 2.24) is 10.3 Å². The third-order valence-corrected chi connectivity index (χ3v) is 5.05. The second-order valence-electron chi connectivity index (χ2n) is 6.24. The van der Waals surface area contributed by atoms with E-state index >= 15 is 0 Å². The van der Waals surface area contributed by atoms with Crippen molar-refractivity contribution in [3.63, 3.8) is 0 Å². The Hall–Kier alpha value is -2.10. The van der Waals surface area contributed by atoms with Gasteiger partial charge in [-0.1, -0.05) is 35.3 Å². The summed E-state index contributed by atoms with van der Waals surface area (Å²) in [5.41, 5.74) is 4.64. The molecule has 0 atom stereocenters. The molecule has 3 nitrogen and oxygen atoms in total. The number of amides is 1. The van der Waals surface area contributed by atoms with E-state index in [1.807, 2.05) is 42.5 Å². The predicted octanol–water partition coefficient (Wildman–Crippen LogP) is 4.96. The van der Waals surface area contributed by atoms with E-state index in [0.717, 1.165) is 47.0 Å². The minimum atomic E-state index is -0.0808. The monoisotopic (exact) mass is 370 g/mol. The van der Waals surface area contributed by atoms with Gasteiger partial charge in [-0.2, -0.15) is 0 Å². The van der Waals surface area contributed by atoms with E-state index in [0.29, 0.717) is 22.2 Å². The van der Waals surface area contributed by atoms with Gasteiger partial charge in [0.2, 0.25) is 0 Å². The van der Waals surface area contributed by atoms with Crippen LogP contribution >= 0.6 is 23.2 Å². The third-order valence-electron chi connectivity index (χ3n) is 4.57. The van der Waals surface area contributed by atoms with Crippen LogP contribution in [0.3, 0.4) is 0 Å². The molecule has 25 heavy (non-hydrogen) atoms. The van der Waals surface area contributed by atoms with Gasteiger partial charge in [-0.25, -0.2) is 0 Å². The van der Waals surface area contributed by atoms with Crippen LogP contribution in [-0.2, 0) is 19.4 Å². The second kappa shape index (κ2) is 6.66. The minimum Gasteiger partial charge on any atom is -0.348 e. The number of aromatic nitrogens is 1. The molecule has 1 amide bonds. The Balaban J connectivity index is 1.70. The molecular weight excluding hydrogens is 355 g/mol. The molecule has 1 aliphatic carbocycles. The molecular formula is C20H16Cl2N2O. The van der Waals surface area contributed by atoms with Crippen LogP contribution in [0.2, 0.25) is 10.0 Å². The van der Waals surface area contributed by atoms with Crippen molar-refractivity contribution in [1.29, 1.82) is 0 Å². The SMILES string of the molecule is O=C(NCc1ccc(Cl)cc1)c1c2c(nc3ccc(Cl)cc13)CCC2. The molecule has 1 aromatic heterocycles. The summed E-state index contributed by atoms with van der Waals surface area (Å²) in [7, 11) is 0. The quantitative estimate of drug-likeness (QED) is 0.707. The Morgan fingerprint density at radius 1 is 1.04 bits per heavy atom. The highest BCUT2D eigenvalue weighted by atomic mass is 35.5. The Labute approximate surface area is 156 Å². The number of benzene rings is 2. The first kappa shape index (κ1) is 16.4. The zero-order chi connectivity index (χ0) is 17.4. The molecule has 0 spiro atoms. The Kier molecular flexibility index (Phi) is 4.36. The Bertz CT molecular complexity index is 968. The van der Waals surface area contributed by atoms with E-state index in [-0.39, 0.29) is 5.91 Å². The topological polar surface area (TPSA) is 42.0 Å². The number of carbonyl (C=O) groups is 1. The van der Waals surface area contributed by atoms with Crippen LogP contribution in [0.4, 0.5) is 0 Å². The lowest BCUT2D eigenvalue weighted by molar-refractivity contribution is 0.0951. The lowest BCUT2D eigenvalue weighted by atomic mass is 10.0. The summed E-state index contributed by atoms with van der Waals surface area (Å²) < 4.78 is 0. The molecule has 2 aromatic carbocycles. The van der Waals surface area contributed by atoms with Gasteiger partial charge in [0.25, 0.3) is 5.91 Å². The van der Waals surface area contributed by atoms with Gasteiger partial charge in [-0.15, -0.1) is 0 Å². The Morgan fingerprint density at radius 2 is 1.80 bits per heavy atom. The molecule has 3 aromatic rings. The summed E-state index contributed by atoms with van der Waals surface area (Å²) in [5.74, 6) is -0.0808. The van der Waals surface area contributed by atoms with Crippen molar-refractivity contribution in [2.24, 2.45) is 0 Å². The highest BCUT2D eigenvalue weighted by Gasteiger charge is 2.23. The van der Waals surface area contributed by atoms with Gasteiger partial charge < -0.3 is 5.32 Å². The number of nitrogens with one attached hydrogen (secondary N) is 1. The minimum absolute atomic E-state index is 0.0808. The molecule has 126 valence electrons. The molecule has 0 saturated heterocycles. The summed E-state index contributed by atoms with van der Waals surface area (Å²) in [4.78, 5) is 17.7. The number of halogens is 2. The van der Waals surface area contributed by atoms with Gasteiger partial charge in [0.15, 0.2) is 0 Å². The molecule has 0 saturated carbocycles. The fourth-order valence-corrected chi connectivity index (χ4v) is 3.66. The average Bonchev–Trinajstić information content (AvgIpc) is 3.07. The van der Waals surface area contributed by atoms with Gasteiger partial charge in [-0.3, -0.25) is 9.78 Å². The maximum atomic E-state index is 13.0. The van der Waals surface area contributed by atoms with E-state index in [2.05, 4.69) is 5.32 Å². The van der Waals surface area contributed by atoms with Crippen LogP contribution in [0.1, 0.15) is 33.6 Å². The molecule has 1 heterocycles. The number of rotatable bonds is 3. The summed E-state index contributed by atoms with van der Waals surface area (Å²) in [6, 6.07) is 13.0. The largest absolute Gasteiger partial charge is 0.348 e. The summed E-state index contributed by atoms with van der Waals surface area (Å²) in [5, 5.41) is 5.14. The smallest absolute Gasteiger partial charge is 0.252 e. The summed E-state index contributed by atoms with van der Waals surface area (Å²) in [6.45, 7) is 0.454. The number of pyridine rings is 1. The van der Waals surface area contributed by atoms with Gasteiger partial charge in [0, 0.05) is 27.7 Å². The summed E-state index contributed by atoms with van der Waals surface area (Å²) >= 11 is 12.1. The lowest BCUT2D eigenvalue weighted by Crippen LogP contribution is -2.24. The van der Waals surface area contributed by atoms with Crippen molar-refractivity contribution < 1.29 is 4.79 Å². The predicted molar refractivity (Wildman–Crippen MR) is 101 cm³/mol. The molecule has 0 radical (unpaired) electrons. The van der Waals surface area contributed by atoms with Gasteiger partial charge in [0.05, 0.1) is 11.1 Å². The van der Waals surface area contributed by atoms with E-state index in [9.17, 15) is 4.79 Å². The third kappa shape index (κ3) is 3.22. The van der Waals surface area contributed by atoms with Crippen LogP contribution in [0.25, 0.3) is 10.9 Å². The van der Waals surface area contributed by atoms with E-state index < -0.39 is 0 Å². The fraction of sp³-hybridized carbons (Fsp3) is 0.200. The van der Waals surface area contributed by atoms with Gasteiger partial charge >= 0.3 is 0 Å². The fourth-order valence-electron chi connectivity index (χ4n) is 3.37. The van der Waals surface area contributed by atoms with Crippen LogP contribution < -0.4 is 5.32 Å². The highest BCUT2D eigenvalue weighted by molar-refractivity contribution is 6.31. The molecule has 1 N–H and O–H groups in total. The van der Waals surface area contributed by atoms with Gasteiger partial charge in [-0.05, 0) is 60.7 Å². The molecule has 0 unspecified atom stereocenters. The first-order valence-electron chi connectivity index (χ1n) is 8.25.